The van der Waals surface area contributed by atoms with Gasteiger partial charge in [-0.3, -0.25) is 9.82 Å². The zero-order chi connectivity index (χ0) is 15.1. The Kier molecular flexibility index (Phi) is 3.61. The predicted octanol–water partition coefficient (Wildman–Crippen LogP) is 2.33. The van der Waals surface area contributed by atoms with E-state index < -0.39 is 21.6 Å². The number of H-pyrrole nitrogens is 1. The summed E-state index contributed by atoms with van der Waals surface area (Å²) in [4.78, 5) is -0.0581. The molecule has 0 amide bonds. The molecular weight excluding hydrogens is 309 g/mol. The van der Waals surface area contributed by atoms with Gasteiger partial charge in [0, 0.05) is 6.07 Å². The number of rotatable bonds is 3. The molecule has 1 aromatic heterocycles. The largest absolute Gasteiger partial charge is 0.504 e. The van der Waals surface area contributed by atoms with Crippen LogP contribution in [-0.4, -0.2) is 23.7 Å². The minimum atomic E-state index is -4.02. The van der Waals surface area contributed by atoms with E-state index in [-0.39, 0.29) is 21.3 Å². The smallest absolute Gasteiger partial charge is 0.265 e. The molecule has 6 nitrogen and oxygen atoms in total. The summed E-state index contributed by atoms with van der Waals surface area (Å²) in [6.45, 7) is 3.05. The van der Waals surface area contributed by atoms with Crippen molar-refractivity contribution >= 4 is 27.3 Å². The van der Waals surface area contributed by atoms with Gasteiger partial charge >= 0.3 is 0 Å². The Balaban J connectivity index is 2.49. The van der Waals surface area contributed by atoms with Crippen LogP contribution in [0.1, 0.15) is 11.4 Å². The fourth-order valence-corrected chi connectivity index (χ4v) is 3.41. The number of sulfonamides is 1. The number of anilines is 1. The first-order valence-electron chi connectivity index (χ1n) is 5.45. The van der Waals surface area contributed by atoms with Crippen LogP contribution in [0.15, 0.2) is 17.0 Å². The van der Waals surface area contributed by atoms with E-state index in [0.717, 1.165) is 12.1 Å². The van der Waals surface area contributed by atoms with E-state index >= 15 is 0 Å². The van der Waals surface area contributed by atoms with Crippen molar-refractivity contribution in [2.75, 3.05) is 4.72 Å². The molecule has 3 N–H and O–H groups in total. The van der Waals surface area contributed by atoms with Crippen molar-refractivity contribution in [3.05, 3.63) is 34.4 Å². The van der Waals surface area contributed by atoms with E-state index in [9.17, 15) is 17.9 Å². The third kappa shape index (κ3) is 2.56. The zero-order valence-electron chi connectivity index (χ0n) is 10.5. The van der Waals surface area contributed by atoms with Gasteiger partial charge in [-0.15, -0.1) is 0 Å². The van der Waals surface area contributed by atoms with E-state index in [0.29, 0.717) is 5.69 Å². The van der Waals surface area contributed by atoms with Gasteiger partial charge in [0.15, 0.2) is 5.75 Å². The topological polar surface area (TPSA) is 95.1 Å². The molecule has 0 fully saturated rings. The second-order valence-corrected chi connectivity index (χ2v) is 6.18. The summed E-state index contributed by atoms with van der Waals surface area (Å²) in [5, 5.41) is 15.7. The van der Waals surface area contributed by atoms with Crippen LogP contribution in [0.25, 0.3) is 0 Å². The normalized spacial score (nSPS) is 11.6. The molecule has 0 radical (unpaired) electrons. The molecule has 0 aliphatic carbocycles. The molecular formula is C11H11ClFN3O3S. The molecule has 0 unspecified atom stereocenters. The van der Waals surface area contributed by atoms with Crippen molar-refractivity contribution in [1.29, 1.82) is 0 Å². The minimum absolute atomic E-state index is 0.0581. The van der Waals surface area contributed by atoms with Crippen LogP contribution in [0, 0.1) is 19.7 Å². The molecule has 108 valence electrons. The number of aromatic nitrogens is 2. The molecule has 9 heteroatoms. The van der Waals surface area contributed by atoms with E-state index in [4.69, 9.17) is 11.6 Å². The summed E-state index contributed by atoms with van der Waals surface area (Å²) < 4.78 is 39.8. The monoisotopic (exact) mass is 319 g/mol. The number of hydrogen-bond donors (Lipinski definition) is 3. The maximum atomic E-state index is 13.2. The number of hydrogen-bond acceptors (Lipinski definition) is 4. The number of nitrogens with one attached hydrogen (secondary N) is 2. The molecule has 0 saturated carbocycles. The fraction of sp³-hybridized carbons (Fsp3) is 0.182. The van der Waals surface area contributed by atoms with Crippen molar-refractivity contribution in [2.45, 2.75) is 18.7 Å². The van der Waals surface area contributed by atoms with Gasteiger partial charge in [0.1, 0.15) is 10.7 Å². The zero-order valence-corrected chi connectivity index (χ0v) is 12.1. The maximum Gasteiger partial charge on any atom is 0.265 e. The Morgan fingerprint density at radius 1 is 1.40 bits per heavy atom. The first-order chi connectivity index (χ1) is 9.22. The molecule has 1 heterocycles. The fourth-order valence-electron chi connectivity index (χ4n) is 1.78. The summed E-state index contributed by atoms with van der Waals surface area (Å²) in [5.74, 6) is -1.32. The highest BCUT2D eigenvalue weighted by Gasteiger charge is 2.24. The van der Waals surface area contributed by atoms with Gasteiger partial charge in [0.05, 0.1) is 22.1 Å². The number of aromatic hydroxyl groups is 1. The average Bonchev–Trinajstić information content (AvgIpc) is 2.65. The van der Waals surface area contributed by atoms with Crippen LogP contribution in [-0.2, 0) is 10.0 Å². The Hall–Kier alpha value is -1.80. The van der Waals surface area contributed by atoms with Crippen LogP contribution in [0.3, 0.4) is 0 Å². The van der Waals surface area contributed by atoms with Crippen LogP contribution in [0.4, 0.5) is 10.1 Å². The minimum Gasteiger partial charge on any atom is -0.504 e. The van der Waals surface area contributed by atoms with E-state index in [1.807, 2.05) is 0 Å². The summed E-state index contributed by atoms with van der Waals surface area (Å²) >= 11 is 5.59. The molecule has 1 aromatic carbocycles. The molecule has 0 aliphatic rings. The van der Waals surface area contributed by atoms with Crippen molar-refractivity contribution in [1.82, 2.24) is 10.2 Å². The summed E-state index contributed by atoms with van der Waals surface area (Å²) in [5.41, 5.74) is 0.254. The molecule has 0 atom stereocenters. The molecule has 0 spiro atoms. The summed E-state index contributed by atoms with van der Waals surface area (Å²) in [7, 11) is -4.02. The first kappa shape index (κ1) is 14.6. The first-order valence-corrected chi connectivity index (χ1v) is 7.31. The highest BCUT2D eigenvalue weighted by Crippen LogP contribution is 2.34. The highest BCUT2D eigenvalue weighted by molar-refractivity contribution is 7.92. The Labute approximate surface area is 119 Å². The third-order valence-corrected chi connectivity index (χ3v) is 4.52. The number of nitrogens with zero attached hydrogens (tertiary/aromatic N) is 1. The standard InChI is InChI=1S/C11H11ClFN3O3S/c1-5-11(6(2)15-14-5)20(18,19)16-9-4-7(13)3-8(12)10(9)17/h3-4,16-17H,1-2H3,(H,14,15). The van der Waals surface area contributed by atoms with Crippen molar-refractivity contribution in [3.63, 3.8) is 0 Å². The van der Waals surface area contributed by atoms with Crippen molar-refractivity contribution < 1.29 is 17.9 Å². The lowest BCUT2D eigenvalue weighted by molar-refractivity contribution is 0.476. The number of benzene rings is 1. The van der Waals surface area contributed by atoms with E-state index in [2.05, 4.69) is 14.9 Å². The van der Waals surface area contributed by atoms with Gasteiger partial charge in [-0.25, -0.2) is 12.8 Å². The van der Waals surface area contributed by atoms with Gasteiger partial charge in [-0.1, -0.05) is 11.6 Å². The Morgan fingerprint density at radius 3 is 2.60 bits per heavy atom. The van der Waals surface area contributed by atoms with Crippen LogP contribution in [0.2, 0.25) is 5.02 Å². The Bertz CT molecular complexity index is 754. The number of aromatic amines is 1. The van der Waals surface area contributed by atoms with Gasteiger partial charge < -0.3 is 5.11 Å². The second-order valence-electron chi connectivity index (χ2n) is 4.15. The number of halogens is 2. The number of phenols is 1. The van der Waals surface area contributed by atoms with Crippen molar-refractivity contribution in [2.24, 2.45) is 0 Å². The number of phenolic OH excluding ortho intramolecular Hbond substituents is 1. The lowest BCUT2D eigenvalue weighted by Gasteiger charge is -2.10. The molecule has 2 aromatic rings. The molecule has 0 bridgehead atoms. The lowest BCUT2D eigenvalue weighted by Crippen LogP contribution is -2.15. The second kappa shape index (κ2) is 4.95. The van der Waals surface area contributed by atoms with Crippen LogP contribution >= 0.6 is 11.6 Å². The maximum absolute atomic E-state index is 13.2. The SMILES string of the molecule is Cc1n[nH]c(C)c1S(=O)(=O)Nc1cc(F)cc(Cl)c1O. The Morgan fingerprint density at radius 2 is 2.05 bits per heavy atom. The molecule has 2 rings (SSSR count). The summed E-state index contributed by atoms with van der Waals surface area (Å²) in [6.07, 6.45) is 0. The van der Waals surface area contributed by atoms with Crippen molar-refractivity contribution in [3.8, 4) is 5.75 Å². The summed E-state index contributed by atoms with van der Waals surface area (Å²) in [6, 6.07) is 1.71. The van der Waals surface area contributed by atoms with Gasteiger partial charge in [0.25, 0.3) is 10.0 Å². The van der Waals surface area contributed by atoms with Gasteiger partial charge in [0.2, 0.25) is 0 Å². The quantitative estimate of drug-likeness (QED) is 0.757. The van der Waals surface area contributed by atoms with Gasteiger partial charge in [-0.05, 0) is 19.9 Å². The van der Waals surface area contributed by atoms with Crippen LogP contribution in [0.5, 0.6) is 5.75 Å². The van der Waals surface area contributed by atoms with Gasteiger partial charge in [-0.2, -0.15) is 5.10 Å². The van der Waals surface area contributed by atoms with E-state index in [1.54, 1.807) is 0 Å². The molecule has 20 heavy (non-hydrogen) atoms. The molecule has 0 aliphatic heterocycles. The predicted molar refractivity (Wildman–Crippen MR) is 71.9 cm³/mol. The molecule has 0 saturated heterocycles. The average molecular weight is 320 g/mol. The third-order valence-electron chi connectivity index (χ3n) is 2.60. The van der Waals surface area contributed by atoms with E-state index in [1.165, 1.54) is 13.8 Å². The van der Waals surface area contributed by atoms with Crippen LogP contribution < -0.4 is 4.72 Å². The number of aryl methyl sites for hydroxylation is 2. The lowest BCUT2D eigenvalue weighted by atomic mass is 10.3. The highest BCUT2D eigenvalue weighted by atomic mass is 35.5.